The molecule has 0 aromatic heterocycles. The number of aliphatic hydroxyl groups excluding tert-OH is 2. The van der Waals surface area contributed by atoms with Crippen LogP contribution >= 0.6 is 0 Å². The van der Waals surface area contributed by atoms with Gasteiger partial charge in [0.15, 0.2) is 0 Å². The minimum absolute atomic E-state index is 0. The van der Waals surface area contributed by atoms with Gasteiger partial charge in [-0.25, -0.2) is 0 Å². The molecule has 2 aliphatic heterocycles. The molecule has 1 saturated heterocycles. The molecule has 0 aliphatic carbocycles. The zero-order valence-corrected chi connectivity index (χ0v) is 15.0. The van der Waals surface area contributed by atoms with Gasteiger partial charge < -0.3 is 25.0 Å². The van der Waals surface area contributed by atoms with Crippen molar-refractivity contribution in [2.45, 2.75) is 32.1 Å². The number of carbonyl (C=O) groups is 2. The minimum Gasteiger partial charge on any atom is -0.543 e. The molecule has 0 unspecified atom stereocenters. The fraction of sp³-hybridized carbons (Fsp3) is 0.375. The van der Waals surface area contributed by atoms with Gasteiger partial charge in [-0.15, -0.1) is 0 Å². The van der Waals surface area contributed by atoms with E-state index in [9.17, 15) is 19.8 Å². The normalized spacial score (nSPS) is 24.0. The summed E-state index contributed by atoms with van der Waals surface area (Å²) in [5, 5.41) is 30.2. The smallest absolute Gasteiger partial charge is 0.543 e. The molecular weight excluding hydrogens is 309 g/mol. The number of hydrogen-bond acceptors (Lipinski definition) is 5. The summed E-state index contributed by atoms with van der Waals surface area (Å²) in [5.74, 6) is -2.33. The van der Waals surface area contributed by atoms with Crippen LogP contribution in [0.1, 0.15) is 24.5 Å². The second kappa shape index (κ2) is 6.75. The maximum Gasteiger partial charge on any atom is 1.00 e. The van der Waals surface area contributed by atoms with E-state index in [0.717, 1.165) is 5.56 Å². The van der Waals surface area contributed by atoms with Crippen molar-refractivity contribution in [2.75, 3.05) is 0 Å². The fourth-order valence-corrected chi connectivity index (χ4v) is 3.33. The first kappa shape index (κ1) is 18.2. The van der Waals surface area contributed by atoms with Crippen LogP contribution in [0.3, 0.4) is 0 Å². The molecule has 0 bridgehead atoms. The monoisotopic (exact) mass is 325 g/mol. The number of carboxylic acid groups (broad SMARTS) is 1. The summed E-state index contributed by atoms with van der Waals surface area (Å²) in [4.78, 5) is 24.8. The average Bonchev–Trinajstić information content (AvgIpc) is 2.82. The number of nitrogens with zero attached hydrogens (tertiary/aromatic N) is 1. The van der Waals surface area contributed by atoms with Gasteiger partial charge >= 0.3 is 29.6 Å². The molecule has 2 aliphatic rings. The summed E-state index contributed by atoms with van der Waals surface area (Å²) in [6.07, 6.45) is -0.434. The number of fused-ring (bicyclic) bond motifs is 1. The van der Waals surface area contributed by atoms with Crippen molar-refractivity contribution < 1.29 is 54.5 Å². The van der Waals surface area contributed by atoms with Crippen molar-refractivity contribution in [1.29, 1.82) is 0 Å². The van der Waals surface area contributed by atoms with Crippen molar-refractivity contribution in [2.24, 2.45) is 5.92 Å². The van der Waals surface area contributed by atoms with E-state index in [0.29, 0.717) is 17.6 Å². The van der Waals surface area contributed by atoms with E-state index in [2.05, 4.69) is 0 Å². The average molecular weight is 325 g/mol. The Morgan fingerprint density at radius 3 is 2.48 bits per heavy atom. The Morgan fingerprint density at radius 2 is 2.00 bits per heavy atom. The molecule has 3 rings (SSSR count). The number of carboxylic acids is 1. The molecule has 0 spiro atoms. The molecule has 23 heavy (non-hydrogen) atoms. The van der Waals surface area contributed by atoms with E-state index >= 15 is 0 Å². The number of rotatable bonds is 4. The van der Waals surface area contributed by atoms with Gasteiger partial charge in [-0.3, -0.25) is 4.79 Å². The Bertz CT molecular complexity index is 668. The molecule has 2 heterocycles. The zero-order valence-electron chi connectivity index (χ0n) is 13.0. The Balaban J connectivity index is 0.00000192. The quantitative estimate of drug-likeness (QED) is 0.438. The van der Waals surface area contributed by atoms with Gasteiger partial charge in [0.05, 0.1) is 36.3 Å². The van der Waals surface area contributed by atoms with Crippen LogP contribution in [0.5, 0.6) is 0 Å². The number of β-lactam (4-membered cyclic amide) rings is 1. The third kappa shape index (κ3) is 2.86. The topological polar surface area (TPSA) is 101 Å². The molecule has 6 nitrogen and oxygen atoms in total. The third-order valence-electron chi connectivity index (χ3n) is 4.41. The number of benzene rings is 1. The molecule has 7 heteroatoms. The predicted octanol–water partition coefficient (Wildman–Crippen LogP) is -3.74. The molecule has 0 saturated carbocycles. The molecule has 1 aromatic carbocycles. The van der Waals surface area contributed by atoms with Gasteiger partial charge in [0.1, 0.15) is 0 Å². The van der Waals surface area contributed by atoms with E-state index in [-0.39, 0.29) is 53.8 Å². The van der Waals surface area contributed by atoms with Crippen LogP contribution in [0.25, 0.3) is 5.57 Å². The predicted molar refractivity (Wildman–Crippen MR) is 74.7 cm³/mol. The first-order valence-corrected chi connectivity index (χ1v) is 7.11. The van der Waals surface area contributed by atoms with Crippen molar-refractivity contribution in [3.8, 4) is 0 Å². The summed E-state index contributed by atoms with van der Waals surface area (Å²) < 4.78 is 0. The number of aliphatic carboxylic acids is 1. The number of carbonyl (C=O) groups excluding carboxylic acids is 2. The van der Waals surface area contributed by atoms with Gasteiger partial charge in [0, 0.05) is 0 Å². The Kier molecular flexibility index (Phi) is 5.33. The fourth-order valence-electron chi connectivity index (χ4n) is 3.33. The number of amides is 1. The van der Waals surface area contributed by atoms with Crippen LogP contribution in [-0.4, -0.2) is 39.1 Å². The second-order valence-electron chi connectivity index (χ2n) is 5.72. The van der Waals surface area contributed by atoms with Crippen molar-refractivity contribution in [1.82, 2.24) is 4.90 Å². The van der Waals surface area contributed by atoms with Gasteiger partial charge in [-0.1, -0.05) is 24.3 Å². The number of aliphatic hydroxyl groups is 2. The van der Waals surface area contributed by atoms with Gasteiger partial charge in [0.2, 0.25) is 5.91 Å². The standard InChI is InChI=1S/C16H17NO5.Na/c1-8(19)13-12-6-11(10-4-2-9(7-18)3-5-10)14(16(21)22)17(12)15(13)20;/h2-5,8,12-13,18-19H,6-7H2,1H3,(H,21,22);/q;+1/p-1/t8-,12-,13-;/m1./s1. The molecule has 1 aromatic rings. The van der Waals surface area contributed by atoms with Crippen molar-refractivity contribution in [3.63, 3.8) is 0 Å². The molecular formula is C16H16NNaO5. The summed E-state index contributed by atoms with van der Waals surface area (Å²) >= 11 is 0. The van der Waals surface area contributed by atoms with Crippen molar-refractivity contribution >= 4 is 17.4 Å². The van der Waals surface area contributed by atoms with Crippen LogP contribution in [-0.2, 0) is 16.2 Å². The Labute approximate surface area is 155 Å². The largest absolute Gasteiger partial charge is 1.00 e. The van der Waals surface area contributed by atoms with Crippen LogP contribution < -0.4 is 34.7 Å². The van der Waals surface area contributed by atoms with Crippen LogP contribution in [0.2, 0.25) is 0 Å². The third-order valence-corrected chi connectivity index (χ3v) is 4.41. The Morgan fingerprint density at radius 1 is 1.39 bits per heavy atom. The molecule has 116 valence electrons. The van der Waals surface area contributed by atoms with Crippen LogP contribution in [0.4, 0.5) is 0 Å². The first-order valence-electron chi connectivity index (χ1n) is 7.11. The van der Waals surface area contributed by atoms with Gasteiger partial charge in [-0.05, 0) is 30.0 Å². The molecule has 1 amide bonds. The van der Waals surface area contributed by atoms with Crippen molar-refractivity contribution in [3.05, 3.63) is 41.1 Å². The summed E-state index contributed by atoms with van der Waals surface area (Å²) in [6.45, 7) is 1.44. The summed E-state index contributed by atoms with van der Waals surface area (Å²) in [5.41, 5.74) is 1.83. The zero-order chi connectivity index (χ0) is 16.0. The second-order valence-corrected chi connectivity index (χ2v) is 5.72. The number of hydrogen-bond donors (Lipinski definition) is 2. The van der Waals surface area contributed by atoms with Crippen LogP contribution in [0.15, 0.2) is 30.0 Å². The van der Waals surface area contributed by atoms with E-state index in [1.165, 1.54) is 11.8 Å². The SMILES string of the molecule is C[C@@H](O)[C@H]1C(=O)N2C(C(=O)[O-])=C(c3ccc(CO)cc3)C[C@H]12.[Na+]. The van der Waals surface area contributed by atoms with E-state index in [4.69, 9.17) is 5.11 Å². The molecule has 3 atom stereocenters. The summed E-state index contributed by atoms with van der Waals surface area (Å²) in [6, 6.07) is 6.53. The van der Waals surface area contributed by atoms with Crippen LogP contribution in [0, 0.1) is 5.92 Å². The Hall–Kier alpha value is -1.18. The first-order chi connectivity index (χ1) is 10.5. The summed E-state index contributed by atoms with van der Waals surface area (Å²) in [7, 11) is 0. The minimum atomic E-state index is -1.39. The van der Waals surface area contributed by atoms with Gasteiger partial charge in [-0.2, -0.15) is 0 Å². The molecule has 0 radical (unpaired) electrons. The maximum atomic E-state index is 12.1. The van der Waals surface area contributed by atoms with E-state index in [1.807, 2.05) is 0 Å². The molecule has 2 N–H and O–H groups in total. The van der Waals surface area contributed by atoms with E-state index < -0.39 is 18.0 Å². The maximum absolute atomic E-state index is 12.1. The van der Waals surface area contributed by atoms with E-state index in [1.54, 1.807) is 24.3 Å². The molecule has 1 fully saturated rings. The van der Waals surface area contributed by atoms with Gasteiger partial charge in [0.25, 0.3) is 0 Å².